The van der Waals surface area contributed by atoms with Crippen LogP contribution in [0.15, 0.2) is 30.3 Å². The van der Waals surface area contributed by atoms with Gasteiger partial charge in [0.15, 0.2) is 0 Å². The van der Waals surface area contributed by atoms with Crippen molar-refractivity contribution in [2.75, 3.05) is 18.8 Å². The van der Waals surface area contributed by atoms with E-state index in [1.54, 1.807) is 4.90 Å². The van der Waals surface area contributed by atoms with Crippen molar-refractivity contribution in [3.63, 3.8) is 0 Å². The van der Waals surface area contributed by atoms with Crippen LogP contribution in [0.2, 0.25) is 0 Å². The van der Waals surface area contributed by atoms with E-state index in [2.05, 4.69) is 10.2 Å². The average molecular weight is 368 g/mol. The minimum absolute atomic E-state index is 0.158. The molecule has 7 heteroatoms. The lowest BCUT2D eigenvalue weighted by atomic mass is 9.93. The monoisotopic (exact) mass is 368 g/mol. The summed E-state index contributed by atoms with van der Waals surface area (Å²) < 4.78 is 0. The molecule has 134 valence electrons. The molecule has 0 aliphatic carbocycles. The summed E-state index contributed by atoms with van der Waals surface area (Å²) in [5, 5.41) is 20.1. The number of carbonyl (C=O) groups is 1. The summed E-state index contributed by atoms with van der Waals surface area (Å²) in [6.07, 6.45) is 0.505. The molecule has 2 aromatic heterocycles. The number of likely N-dealkylation sites (tertiary alicyclic amines) is 1. The molecule has 0 bridgehead atoms. The summed E-state index contributed by atoms with van der Waals surface area (Å²) >= 11 is 1.27. The predicted molar refractivity (Wildman–Crippen MR) is 102 cm³/mol. The maximum atomic E-state index is 13.0. The number of aryl methyl sites for hydroxylation is 2. The van der Waals surface area contributed by atoms with Crippen LogP contribution in [0.3, 0.4) is 0 Å². The van der Waals surface area contributed by atoms with E-state index in [0.717, 1.165) is 22.2 Å². The minimum atomic E-state index is -1.02. The quantitative estimate of drug-likeness (QED) is 0.725. The maximum Gasteiger partial charge on any atom is 0.266 e. The molecule has 4 rings (SSSR count). The second-order valence-electron chi connectivity index (χ2n) is 6.81. The van der Waals surface area contributed by atoms with Gasteiger partial charge in [-0.15, -0.1) is 16.4 Å². The van der Waals surface area contributed by atoms with E-state index in [1.165, 1.54) is 11.3 Å². The number of amides is 1. The van der Waals surface area contributed by atoms with Gasteiger partial charge in [-0.1, -0.05) is 30.3 Å². The van der Waals surface area contributed by atoms with Crippen LogP contribution in [0.1, 0.15) is 32.9 Å². The van der Waals surface area contributed by atoms with Crippen molar-refractivity contribution in [1.82, 2.24) is 15.1 Å². The first-order chi connectivity index (χ1) is 12.4. The van der Waals surface area contributed by atoms with Crippen molar-refractivity contribution in [2.24, 2.45) is 0 Å². The van der Waals surface area contributed by atoms with Crippen LogP contribution in [-0.4, -0.2) is 39.2 Å². The van der Waals surface area contributed by atoms with E-state index in [9.17, 15) is 9.90 Å². The van der Waals surface area contributed by atoms with E-state index in [1.807, 2.05) is 44.2 Å². The molecule has 3 heterocycles. The van der Waals surface area contributed by atoms with Gasteiger partial charge < -0.3 is 15.7 Å². The van der Waals surface area contributed by atoms with Gasteiger partial charge in [0.05, 0.1) is 17.9 Å². The number of nitrogens with two attached hydrogens (primary N) is 1. The number of fused-ring (bicyclic) bond motifs is 1. The van der Waals surface area contributed by atoms with Crippen molar-refractivity contribution < 1.29 is 9.90 Å². The second-order valence-corrected chi connectivity index (χ2v) is 7.81. The first-order valence-corrected chi connectivity index (χ1v) is 9.31. The fraction of sp³-hybridized carbons (Fsp3) is 0.316. The minimum Gasteiger partial charge on any atom is -0.397 e. The normalized spacial score (nSPS) is 20.0. The molecule has 1 amide bonds. The van der Waals surface area contributed by atoms with Crippen LogP contribution in [0.25, 0.3) is 10.2 Å². The number of nitrogen functional groups attached to an aromatic ring is 1. The molecular formula is C19H20N4O2S. The number of nitrogens with zero attached hydrogens (tertiary/aromatic N) is 3. The van der Waals surface area contributed by atoms with Crippen LogP contribution >= 0.6 is 11.3 Å². The first-order valence-electron chi connectivity index (χ1n) is 8.50. The molecule has 3 N–H and O–H groups in total. The topological polar surface area (TPSA) is 92.3 Å². The number of aliphatic hydroxyl groups is 1. The molecule has 0 spiro atoms. The third-order valence-corrected chi connectivity index (χ3v) is 6.25. The SMILES string of the molecule is Cc1nnc2sc(C(=O)N3CCC(O)(c4ccccc4)C3)c(N)c2c1C. The van der Waals surface area contributed by atoms with Gasteiger partial charge in [-0.05, 0) is 31.4 Å². The van der Waals surface area contributed by atoms with Crippen LogP contribution in [-0.2, 0) is 5.60 Å². The number of hydrogen-bond donors (Lipinski definition) is 2. The van der Waals surface area contributed by atoms with Gasteiger partial charge in [-0.25, -0.2) is 0 Å². The molecule has 0 saturated carbocycles. The van der Waals surface area contributed by atoms with Crippen LogP contribution in [0.4, 0.5) is 5.69 Å². The van der Waals surface area contributed by atoms with E-state index in [0.29, 0.717) is 28.4 Å². The Bertz CT molecular complexity index is 1000. The predicted octanol–water partition coefficient (Wildman–Crippen LogP) is 2.62. The van der Waals surface area contributed by atoms with E-state index in [-0.39, 0.29) is 12.5 Å². The number of benzene rings is 1. The molecule has 3 aromatic rings. The van der Waals surface area contributed by atoms with E-state index >= 15 is 0 Å². The lowest BCUT2D eigenvalue weighted by Gasteiger charge is -2.23. The van der Waals surface area contributed by atoms with Crippen LogP contribution in [0, 0.1) is 13.8 Å². The number of rotatable bonds is 2. The zero-order valence-electron chi connectivity index (χ0n) is 14.7. The van der Waals surface area contributed by atoms with Crippen molar-refractivity contribution in [3.8, 4) is 0 Å². The molecule has 0 radical (unpaired) electrons. The highest BCUT2D eigenvalue weighted by Gasteiger charge is 2.40. The molecule has 1 saturated heterocycles. The molecule has 6 nitrogen and oxygen atoms in total. The maximum absolute atomic E-state index is 13.0. The second kappa shape index (κ2) is 6.03. The van der Waals surface area contributed by atoms with Crippen LogP contribution in [0.5, 0.6) is 0 Å². The molecule has 1 aromatic carbocycles. The smallest absolute Gasteiger partial charge is 0.266 e. The van der Waals surface area contributed by atoms with Crippen molar-refractivity contribution >= 4 is 33.1 Å². The number of hydrogen-bond acceptors (Lipinski definition) is 6. The lowest BCUT2D eigenvalue weighted by molar-refractivity contribution is 0.0419. The van der Waals surface area contributed by atoms with Gasteiger partial charge >= 0.3 is 0 Å². The fourth-order valence-corrected chi connectivity index (χ4v) is 4.56. The van der Waals surface area contributed by atoms with E-state index in [4.69, 9.17) is 5.73 Å². The number of anilines is 1. The van der Waals surface area contributed by atoms with Crippen molar-refractivity contribution in [3.05, 3.63) is 52.0 Å². The standard InChI is InChI=1S/C19H20N4O2S/c1-11-12(2)21-22-17-14(11)15(20)16(26-17)18(24)23-9-8-19(25,10-23)13-6-4-3-5-7-13/h3-7,25H,8-10,20H2,1-2H3. The molecule has 1 aliphatic heterocycles. The first kappa shape index (κ1) is 16.9. The summed E-state index contributed by atoms with van der Waals surface area (Å²) in [5.41, 5.74) is 8.31. The third kappa shape index (κ3) is 2.55. The largest absolute Gasteiger partial charge is 0.397 e. The van der Waals surface area contributed by atoms with Crippen molar-refractivity contribution in [1.29, 1.82) is 0 Å². The van der Waals surface area contributed by atoms with Gasteiger partial charge in [0, 0.05) is 11.9 Å². The molecule has 26 heavy (non-hydrogen) atoms. The third-order valence-electron chi connectivity index (χ3n) is 5.18. The summed E-state index contributed by atoms with van der Waals surface area (Å²) in [7, 11) is 0. The zero-order chi connectivity index (χ0) is 18.5. The Morgan fingerprint density at radius 1 is 1.27 bits per heavy atom. The Morgan fingerprint density at radius 2 is 2.00 bits per heavy atom. The lowest BCUT2D eigenvalue weighted by Crippen LogP contribution is -2.34. The molecule has 1 aliphatic rings. The summed E-state index contributed by atoms with van der Waals surface area (Å²) in [5.74, 6) is -0.158. The molecule has 1 unspecified atom stereocenters. The summed E-state index contributed by atoms with van der Waals surface area (Å²) in [6.45, 7) is 4.56. The highest BCUT2D eigenvalue weighted by molar-refractivity contribution is 7.21. The Balaban J connectivity index is 1.66. The van der Waals surface area contributed by atoms with Gasteiger partial charge in [-0.3, -0.25) is 4.79 Å². The van der Waals surface area contributed by atoms with Gasteiger partial charge in [0.1, 0.15) is 15.3 Å². The number of β-amino-alcohol motifs (C(OH)–C–C–N with tert-alkyl or cyclic N) is 1. The Kier molecular flexibility index (Phi) is 3.93. The zero-order valence-corrected chi connectivity index (χ0v) is 15.5. The number of thiophene rings is 1. The highest BCUT2D eigenvalue weighted by atomic mass is 32.1. The van der Waals surface area contributed by atoms with Gasteiger partial charge in [-0.2, -0.15) is 5.10 Å². The Hall–Kier alpha value is -2.51. The Labute approximate surface area is 155 Å². The fourth-order valence-electron chi connectivity index (χ4n) is 3.49. The Morgan fingerprint density at radius 3 is 2.73 bits per heavy atom. The highest BCUT2D eigenvalue weighted by Crippen LogP contribution is 2.38. The molecule has 1 fully saturated rings. The number of carbonyl (C=O) groups excluding carboxylic acids is 1. The van der Waals surface area contributed by atoms with E-state index < -0.39 is 5.60 Å². The van der Waals surface area contributed by atoms with Gasteiger partial charge in [0.25, 0.3) is 5.91 Å². The van der Waals surface area contributed by atoms with Gasteiger partial charge in [0.2, 0.25) is 0 Å². The average Bonchev–Trinajstić information content (AvgIpc) is 3.21. The molecular weight excluding hydrogens is 348 g/mol. The summed E-state index contributed by atoms with van der Waals surface area (Å²) in [6, 6.07) is 9.48. The van der Waals surface area contributed by atoms with Crippen LogP contribution < -0.4 is 5.73 Å². The molecule has 1 atom stereocenters. The summed E-state index contributed by atoms with van der Waals surface area (Å²) in [4.78, 5) is 15.9. The van der Waals surface area contributed by atoms with Crippen molar-refractivity contribution in [2.45, 2.75) is 25.9 Å². The number of aromatic nitrogens is 2.